The quantitative estimate of drug-likeness (QED) is 0.859. The summed E-state index contributed by atoms with van der Waals surface area (Å²) in [6, 6.07) is 7.09. The molecule has 0 saturated carbocycles. The zero-order valence-electron chi connectivity index (χ0n) is 12.3. The molecular weight excluding hydrogens is 306 g/mol. The first kappa shape index (κ1) is 16.5. The van der Waals surface area contributed by atoms with Crippen molar-refractivity contribution in [3.8, 4) is 0 Å². The molecule has 0 fully saturated rings. The van der Waals surface area contributed by atoms with Gasteiger partial charge in [0.25, 0.3) is 5.91 Å². The van der Waals surface area contributed by atoms with Crippen LogP contribution in [0.25, 0.3) is 0 Å². The van der Waals surface area contributed by atoms with Gasteiger partial charge >= 0.3 is 5.97 Å². The maximum Gasteiger partial charge on any atom is 0.357 e. The van der Waals surface area contributed by atoms with E-state index in [4.69, 9.17) is 4.74 Å². The predicted octanol–water partition coefficient (Wildman–Crippen LogP) is 2.39. The molecule has 23 heavy (non-hydrogen) atoms. The van der Waals surface area contributed by atoms with Crippen LogP contribution < -0.4 is 5.32 Å². The van der Waals surface area contributed by atoms with Gasteiger partial charge in [0.05, 0.1) is 6.04 Å². The molecule has 0 aliphatic carbocycles. The van der Waals surface area contributed by atoms with Gasteiger partial charge in [-0.15, -0.1) is 0 Å². The summed E-state index contributed by atoms with van der Waals surface area (Å²) in [5.41, 5.74) is 0.216. The van der Waals surface area contributed by atoms with Crippen molar-refractivity contribution in [3.05, 3.63) is 65.5 Å². The van der Waals surface area contributed by atoms with Gasteiger partial charge in [0.1, 0.15) is 17.3 Å². The van der Waals surface area contributed by atoms with Gasteiger partial charge in [0.15, 0.2) is 6.61 Å². The normalized spacial score (nSPS) is 11.6. The first-order valence-electron chi connectivity index (χ1n) is 6.80. The minimum Gasteiger partial charge on any atom is -0.451 e. The summed E-state index contributed by atoms with van der Waals surface area (Å²) in [6.07, 6.45) is 1.43. The fourth-order valence-electron chi connectivity index (χ4n) is 1.90. The molecule has 1 aromatic carbocycles. The number of benzene rings is 1. The fraction of sp³-hybridized carbons (Fsp3) is 0.188. The summed E-state index contributed by atoms with van der Waals surface area (Å²) >= 11 is 0. The van der Waals surface area contributed by atoms with E-state index in [0.29, 0.717) is 0 Å². The number of halogens is 2. The summed E-state index contributed by atoms with van der Waals surface area (Å²) < 4.78 is 31.3. The largest absolute Gasteiger partial charge is 0.451 e. The fourth-order valence-corrected chi connectivity index (χ4v) is 1.90. The van der Waals surface area contributed by atoms with Gasteiger partial charge < -0.3 is 10.1 Å². The van der Waals surface area contributed by atoms with Gasteiger partial charge in [-0.3, -0.25) is 4.79 Å². The Morgan fingerprint density at radius 2 is 2.04 bits per heavy atom. The summed E-state index contributed by atoms with van der Waals surface area (Å²) in [5, 5.41) is 2.46. The van der Waals surface area contributed by atoms with Crippen molar-refractivity contribution in [1.82, 2.24) is 10.3 Å². The summed E-state index contributed by atoms with van der Waals surface area (Å²) in [5.74, 6) is -2.80. The first-order valence-corrected chi connectivity index (χ1v) is 6.80. The molecule has 0 spiro atoms. The van der Waals surface area contributed by atoms with Gasteiger partial charge in [-0.2, -0.15) is 0 Å². The number of carbonyl (C=O) groups is 2. The second-order valence-electron chi connectivity index (χ2n) is 4.75. The predicted molar refractivity (Wildman–Crippen MR) is 77.4 cm³/mol. The molecule has 5 nitrogen and oxygen atoms in total. The molecule has 1 atom stereocenters. The van der Waals surface area contributed by atoms with E-state index >= 15 is 0 Å². The minimum absolute atomic E-state index is 0.0814. The van der Waals surface area contributed by atoms with Crippen LogP contribution in [0.2, 0.25) is 0 Å². The summed E-state index contributed by atoms with van der Waals surface area (Å²) in [7, 11) is 0. The van der Waals surface area contributed by atoms with Gasteiger partial charge in [-0.25, -0.2) is 18.6 Å². The third kappa shape index (κ3) is 4.57. The topological polar surface area (TPSA) is 68.3 Å². The molecule has 120 valence electrons. The maximum absolute atomic E-state index is 13.6. The van der Waals surface area contributed by atoms with E-state index in [2.05, 4.69) is 10.3 Å². The Bertz CT molecular complexity index is 708. The molecule has 0 aliphatic rings. The number of aromatic nitrogens is 1. The van der Waals surface area contributed by atoms with Gasteiger partial charge in [0, 0.05) is 17.8 Å². The van der Waals surface area contributed by atoms with Crippen molar-refractivity contribution in [2.75, 3.05) is 6.61 Å². The highest BCUT2D eigenvalue weighted by atomic mass is 19.1. The summed E-state index contributed by atoms with van der Waals surface area (Å²) in [4.78, 5) is 27.2. The SMILES string of the molecule is C[C@@H](NC(=O)COC(=O)c1ccccn1)c1ccc(F)cc1F. The Kier molecular flexibility index (Phi) is 5.35. The van der Waals surface area contributed by atoms with Crippen molar-refractivity contribution < 1.29 is 23.1 Å². The van der Waals surface area contributed by atoms with E-state index in [1.807, 2.05) is 0 Å². The van der Waals surface area contributed by atoms with Crippen LogP contribution in [0.1, 0.15) is 29.0 Å². The second kappa shape index (κ2) is 7.44. The molecule has 1 aromatic heterocycles. The Labute approximate surface area is 131 Å². The number of hydrogen-bond donors (Lipinski definition) is 1. The first-order chi connectivity index (χ1) is 11.0. The number of rotatable bonds is 5. The average molecular weight is 320 g/mol. The zero-order valence-corrected chi connectivity index (χ0v) is 12.3. The van der Waals surface area contributed by atoms with E-state index in [1.165, 1.54) is 25.3 Å². The Morgan fingerprint density at radius 1 is 1.26 bits per heavy atom. The lowest BCUT2D eigenvalue weighted by atomic mass is 10.1. The van der Waals surface area contributed by atoms with Crippen LogP contribution in [0, 0.1) is 11.6 Å². The lowest BCUT2D eigenvalue weighted by molar-refractivity contribution is -0.124. The van der Waals surface area contributed by atoms with Gasteiger partial charge in [-0.1, -0.05) is 12.1 Å². The summed E-state index contributed by atoms with van der Waals surface area (Å²) in [6.45, 7) is 1.01. The number of pyridine rings is 1. The maximum atomic E-state index is 13.6. The third-order valence-corrected chi connectivity index (χ3v) is 3.01. The molecule has 0 aliphatic heterocycles. The molecule has 0 unspecified atom stereocenters. The van der Waals surface area contributed by atoms with Crippen molar-refractivity contribution in [2.24, 2.45) is 0 Å². The second-order valence-corrected chi connectivity index (χ2v) is 4.75. The van der Waals surface area contributed by atoms with Crippen molar-refractivity contribution in [1.29, 1.82) is 0 Å². The molecule has 1 heterocycles. The van der Waals surface area contributed by atoms with Crippen LogP contribution in [0.4, 0.5) is 8.78 Å². The molecule has 1 N–H and O–H groups in total. The molecule has 2 aromatic rings. The van der Waals surface area contributed by atoms with Crippen LogP contribution in [0.3, 0.4) is 0 Å². The van der Waals surface area contributed by atoms with Gasteiger partial charge in [0.2, 0.25) is 0 Å². The monoisotopic (exact) mass is 320 g/mol. The number of nitrogens with zero attached hydrogens (tertiary/aromatic N) is 1. The lowest BCUT2D eigenvalue weighted by Crippen LogP contribution is -2.31. The molecule has 0 saturated heterocycles. The van der Waals surface area contributed by atoms with Crippen LogP contribution in [0.15, 0.2) is 42.6 Å². The number of ether oxygens (including phenoxy) is 1. The lowest BCUT2D eigenvalue weighted by Gasteiger charge is -2.15. The highest BCUT2D eigenvalue weighted by Crippen LogP contribution is 2.17. The van der Waals surface area contributed by atoms with Crippen molar-refractivity contribution in [2.45, 2.75) is 13.0 Å². The van der Waals surface area contributed by atoms with Crippen LogP contribution in [0.5, 0.6) is 0 Å². The van der Waals surface area contributed by atoms with Crippen molar-refractivity contribution in [3.63, 3.8) is 0 Å². The van der Waals surface area contributed by atoms with Crippen molar-refractivity contribution >= 4 is 11.9 Å². The Hall–Kier alpha value is -2.83. The molecule has 0 bridgehead atoms. The number of carbonyl (C=O) groups excluding carboxylic acids is 2. The number of hydrogen-bond acceptors (Lipinski definition) is 4. The van der Waals surface area contributed by atoms with E-state index in [-0.39, 0.29) is 11.3 Å². The standard InChI is InChI=1S/C16H14F2N2O3/c1-10(12-6-5-11(17)8-13(12)18)20-15(21)9-23-16(22)14-4-2-3-7-19-14/h2-8,10H,9H2,1H3,(H,20,21)/t10-/m1/s1. The number of nitrogens with one attached hydrogen (secondary N) is 1. The van der Waals surface area contributed by atoms with E-state index in [0.717, 1.165) is 12.1 Å². The van der Waals surface area contributed by atoms with E-state index in [1.54, 1.807) is 12.1 Å². The van der Waals surface area contributed by atoms with E-state index < -0.39 is 36.2 Å². The Morgan fingerprint density at radius 3 is 2.70 bits per heavy atom. The van der Waals surface area contributed by atoms with Crippen LogP contribution >= 0.6 is 0 Å². The minimum atomic E-state index is -0.761. The Balaban J connectivity index is 1.88. The average Bonchev–Trinajstić information content (AvgIpc) is 2.53. The highest BCUT2D eigenvalue weighted by Gasteiger charge is 2.16. The number of amides is 1. The molecule has 7 heteroatoms. The zero-order chi connectivity index (χ0) is 16.8. The molecular formula is C16H14F2N2O3. The van der Waals surface area contributed by atoms with Gasteiger partial charge in [-0.05, 0) is 25.1 Å². The van der Waals surface area contributed by atoms with Crippen LogP contribution in [-0.4, -0.2) is 23.5 Å². The number of esters is 1. The molecule has 2 rings (SSSR count). The third-order valence-electron chi connectivity index (χ3n) is 3.01. The molecule has 1 amide bonds. The van der Waals surface area contributed by atoms with E-state index in [9.17, 15) is 18.4 Å². The van der Waals surface area contributed by atoms with Crippen LogP contribution in [-0.2, 0) is 9.53 Å². The molecule has 0 radical (unpaired) electrons. The smallest absolute Gasteiger partial charge is 0.357 e. The highest BCUT2D eigenvalue weighted by molar-refractivity contribution is 5.89.